The number of sulfonamides is 1. The highest BCUT2D eigenvalue weighted by atomic mass is 35.5. The van der Waals surface area contributed by atoms with E-state index in [0.717, 1.165) is 23.2 Å². The van der Waals surface area contributed by atoms with Crippen molar-refractivity contribution >= 4 is 33.0 Å². The molecule has 1 aromatic rings. The zero-order valence-corrected chi connectivity index (χ0v) is 13.2. The summed E-state index contributed by atoms with van der Waals surface area (Å²) in [6.45, 7) is 2.00. The first-order chi connectivity index (χ1) is 8.95. The maximum absolute atomic E-state index is 12.3. The molecule has 0 amide bonds. The highest BCUT2D eigenvalue weighted by Gasteiger charge is 2.42. The van der Waals surface area contributed by atoms with Crippen molar-refractivity contribution in [3.8, 4) is 0 Å². The van der Waals surface area contributed by atoms with E-state index in [9.17, 15) is 8.42 Å². The van der Waals surface area contributed by atoms with Gasteiger partial charge in [0.15, 0.2) is 0 Å². The smallest absolute Gasteiger partial charge is 0.207 e. The lowest BCUT2D eigenvalue weighted by Gasteiger charge is -2.28. The topological polar surface area (TPSA) is 46.2 Å². The van der Waals surface area contributed by atoms with Gasteiger partial charge >= 0.3 is 0 Å². The fourth-order valence-electron chi connectivity index (χ4n) is 3.74. The van der Waals surface area contributed by atoms with Crippen LogP contribution in [0.15, 0.2) is 16.3 Å². The van der Waals surface area contributed by atoms with Gasteiger partial charge in [0.05, 0.1) is 4.34 Å². The lowest BCUT2D eigenvalue weighted by Crippen LogP contribution is -2.39. The van der Waals surface area contributed by atoms with Gasteiger partial charge in [-0.2, -0.15) is 0 Å². The third kappa shape index (κ3) is 2.71. The maximum atomic E-state index is 12.3. The van der Waals surface area contributed by atoms with Crippen LogP contribution in [-0.2, 0) is 10.0 Å². The molecule has 4 atom stereocenters. The first-order valence-electron chi connectivity index (χ1n) is 6.73. The lowest BCUT2D eigenvalue weighted by atomic mass is 9.84. The van der Waals surface area contributed by atoms with Crippen molar-refractivity contribution in [3.63, 3.8) is 0 Å². The molecule has 0 aliphatic heterocycles. The van der Waals surface area contributed by atoms with Crippen LogP contribution in [0.5, 0.6) is 0 Å². The highest BCUT2D eigenvalue weighted by Crippen LogP contribution is 2.49. The summed E-state index contributed by atoms with van der Waals surface area (Å²) in [7, 11) is -3.41. The van der Waals surface area contributed by atoms with E-state index in [1.807, 2.05) is 6.92 Å². The molecular weight excluding hydrogens is 302 g/mol. The number of hydrogen-bond donors (Lipinski definition) is 1. The van der Waals surface area contributed by atoms with Crippen molar-refractivity contribution in [1.29, 1.82) is 0 Å². The van der Waals surface area contributed by atoms with Crippen molar-refractivity contribution in [2.45, 2.75) is 42.9 Å². The van der Waals surface area contributed by atoms with Gasteiger partial charge in [-0.15, -0.1) is 11.3 Å². The van der Waals surface area contributed by atoms with Crippen LogP contribution in [0.4, 0.5) is 0 Å². The number of fused-ring (bicyclic) bond motifs is 2. The molecule has 2 aliphatic carbocycles. The minimum atomic E-state index is -3.41. The van der Waals surface area contributed by atoms with Crippen LogP contribution in [-0.4, -0.2) is 14.5 Å². The zero-order chi connectivity index (χ0) is 13.6. The van der Waals surface area contributed by atoms with E-state index in [1.54, 1.807) is 12.1 Å². The molecule has 2 saturated carbocycles. The van der Waals surface area contributed by atoms with Gasteiger partial charge in [0, 0.05) is 6.04 Å². The zero-order valence-electron chi connectivity index (χ0n) is 10.8. The summed E-state index contributed by atoms with van der Waals surface area (Å²) < 4.78 is 28.2. The molecule has 0 spiro atoms. The number of halogens is 1. The van der Waals surface area contributed by atoms with Crippen LogP contribution in [0.3, 0.4) is 0 Å². The summed E-state index contributed by atoms with van der Waals surface area (Å²) in [5.41, 5.74) is 0. The molecule has 1 N–H and O–H groups in total. The van der Waals surface area contributed by atoms with E-state index >= 15 is 0 Å². The van der Waals surface area contributed by atoms with Crippen molar-refractivity contribution in [3.05, 3.63) is 16.5 Å². The minimum Gasteiger partial charge on any atom is -0.207 e. The van der Waals surface area contributed by atoms with E-state index < -0.39 is 10.0 Å². The van der Waals surface area contributed by atoms with Crippen molar-refractivity contribution in [2.75, 3.05) is 0 Å². The summed E-state index contributed by atoms with van der Waals surface area (Å²) in [6.07, 6.45) is 5.08. The molecule has 3 rings (SSSR count). The lowest BCUT2D eigenvalue weighted by molar-refractivity contribution is 0.280. The Morgan fingerprint density at radius 1 is 1.37 bits per heavy atom. The number of hydrogen-bond acceptors (Lipinski definition) is 3. The number of rotatable bonds is 4. The third-order valence-electron chi connectivity index (χ3n) is 4.59. The summed E-state index contributed by atoms with van der Waals surface area (Å²) >= 11 is 6.92. The van der Waals surface area contributed by atoms with E-state index in [1.165, 1.54) is 25.7 Å². The Morgan fingerprint density at radius 3 is 2.68 bits per heavy atom. The van der Waals surface area contributed by atoms with Crippen molar-refractivity contribution < 1.29 is 8.42 Å². The normalized spacial score (nSPS) is 31.8. The molecule has 2 bridgehead atoms. The van der Waals surface area contributed by atoms with Gasteiger partial charge in [-0.25, -0.2) is 13.1 Å². The molecule has 19 heavy (non-hydrogen) atoms. The molecule has 3 nitrogen and oxygen atoms in total. The van der Waals surface area contributed by atoms with Gasteiger partial charge in [-0.05, 0) is 56.1 Å². The summed E-state index contributed by atoms with van der Waals surface area (Å²) in [5, 5.41) is 0. The average Bonchev–Trinajstić information content (AvgIpc) is 3.02. The first kappa shape index (κ1) is 13.9. The first-order valence-corrected chi connectivity index (χ1v) is 9.41. The molecular formula is C13H18ClNO2S2. The molecule has 1 aromatic heterocycles. The Balaban J connectivity index is 1.71. The van der Waals surface area contributed by atoms with Gasteiger partial charge in [0.1, 0.15) is 4.21 Å². The van der Waals surface area contributed by atoms with E-state index in [4.69, 9.17) is 11.6 Å². The van der Waals surface area contributed by atoms with E-state index in [0.29, 0.717) is 14.5 Å². The van der Waals surface area contributed by atoms with Gasteiger partial charge in [-0.3, -0.25) is 0 Å². The van der Waals surface area contributed by atoms with Crippen molar-refractivity contribution in [2.24, 2.45) is 17.8 Å². The van der Waals surface area contributed by atoms with Crippen LogP contribution in [0.1, 0.15) is 32.6 Å². The predicted molar refractivity (Wildman–Crippen MR) is 78.1 cm³/mol. The summed E-state index contributed by atoms with van der Waals surface area (Å²) in [6, 6.07) is 3.22. The quantitative estimate of drug-likeness (QED) is 0.923. The monoisotopic (exact) mass is 319 g/mol. The van der Waals surface area contributed by atoms with Gasteiger partial charge in [0.2, 0.25) is 10.0 Å². The van der Waals surface area contributed by atoms with Crippen molar-refractivity contribution in [1.82, 2.24) is 4.72 Å². The third-order valence-corrected chi connectivity index (χ3v) is 7.87. The molecule has 0 saturated heterocycles. The Bertz CT molecular complexity index is 569. The Kier molecular flexibility index (Phi) is 3.67. The molecule has 1 heterocycles. The molecule has 6 heteroatoms. The van der Waals surface area contributed by atoms with Crippen LogP contribution in [0.25, 0.3) is 0 Å². The fraction of sp³-hybridized carbons (Fsp3) is 0.692. The number of thiophene rings is 1. The molecule has 0 unspecified atom stereocenters. The largest absolute Gasteiger partial charge is 0.250 e. The predicted octanol–water partition coefficient (Wildman–Crippen LogP) is 3.50. The molecule has 2 aliphatic rings. The Labute approximate surface area is 123 Å². The second-order valence-electron chi connectivity index (χ2n) is 5.81. The Morgan fingerprint density at radius 2 is 2.16 bits per heavy atom. The molecule has 0 aromatic carbocycles. The van der Waals surface area contributed by atoms with Gasteiger partial charge < -0.3 is 0 Å². The standard InChI is InChI=1S/C13H18ClNO2S2/c1-8(11-7-9-2-3-10(11)6-9)15-19(16,17)13-5-4-12(14)18-13/h4-5,8-11,15H,2-3,6-7H2,1H3/t8-,9-,10-,11+/m0/s1. The second kappa shape index (κ2) is 5.02. The van der Waals surface area contributed by atoms with E-state index in [-0.39, 0.29) is 6.04 Å². The van der Waals surface area contributed by atoms with Gasteiger partial charge in [0.25, 0.3) is 0 Å². The minimum absolute atomic E-state index is 0.0150. The van der Waals surface area contributed by atoms with Gasteiger partial charge in [-0.1, -0.05) is 18.0 Å². The molecule has 106 valence electrons. The fourth-order valence-corrected chi connectivity index (χ4v) is 6.53. The second-order valence-corrected chi connectivity index (χ2v) is 9.46. The molecule has 2 fully saturated rings. The number of nitrogens with one attached hydrogen (secondary N) is 1. The summed E-state index contributed by atoms with van der Waals surface area (Å²) in [4.78, 5) is 0. The molecule has 0 radical (unpaired) electrons. The highest BCUT2D eigenvalue weighted by molar-refractivity contribution is 7.91. The van der Waals surface area contributed by atoms with Crippen LogP contribution in [0.2, 0.25) is 4.34 Å². The van der Waals surface area contributed by atoms with Crippen LogP contribution >= 0.6 is 22.9 Å². The van der Waals surface area contributed by atoms with Crippen LogP contribution < -0.4 is 4.72 Å². The Hall–Kier alpha value is -0.100. The van der Waals surface area contributed by atoms with E-state index in [2.05, 4.69) is 4.72 Å². The average molecular weight is 320 g/mol. The van der Waals surface area contributed by atoms with Crippen LogP contribution in [0, 0.1) is 17.8 Å². The SMILES string of the molecule is C[C@H](NS(=O)(=O)c1ccc(Cl)s1)[C@H]1C[C@H]2CC[C@H]1C2. The maximum Gasteiger partial charge on any atom is 0.250 e. The summed E-state index contributed by atoms with van der Waals surface area (Å²) in [5.74, 6) is 2.05.